The highest BCUT2D eigenvalue weighted by atomic mass is 32.1. The summed E-state index contributed by atoms with van der Waals surface area (Å²) in [6, 6.07) is 0.0787. The van der Waals surface area contributed by atoms with Crippen LogP contribution in [0.25, 0.3) is 0 Å². The topological polar surface area (TPSA) is 77.2 Å². The number of nitrogens with two attached hydrogens (primary N) is 1. The first-order valence-electron chi connectivity index (χ1n) is 7.85. The van der Waals surface area contributed by atoms with E-state index in [2.05, 4.69) is 10.3 Å². The minimum atomic E-state index is -0.0737. The summed E-state index contributed by atoms with van der Waals surface area (Å²) in [5, 5.41) is 3.66. The Hall–Kier alpha value is -0.980. The highest BCUT2D eigenvalue weighted by molar-refractivity contribution is 7.13. The summed E-state index contributed by atoms with van der Waals surface area (Å²) in [6.45, 7) is 1.79. The lowest BCUT2D eigenvalue weighted by Crippen LogP contribution is -2.45. The van der Waals surface area contributed by atoms with Crippen LogP contribution >= 0.6 is 11.3 Å². The number of aromatic nitrogens is 1. The molecule has 0 bridgehead atoms. The van der Waals surface area contributed by atoms with Crippen LogP contribution in [-0.4, -0.2) is 30.1 Å². The molecule has 21 heavy (non-hydrogen) atoms. The zero-order valence-corrected chi connectivity index (χ0v) is 13.1. The fourth-order valence-corrected chi connectivity index (χ4v) is 4.21. The van der Waals surface area contributed by atoms with E-state index in [-0.39, 0.29) is 11.9 Å². The van der Waals surface area contributed by atoms with Gasteiger partial charge in [0, 0.05) is 19.0 Å². The van der Waals surface area contributed by atoms with Crippen molar-refractivity contribution in [2.24, 2.45) is 11.7 Å². The monoisotopic (exact) mass is 309 g/mol. The van der Waals surface area contributed by atoms with Crippen molar-refractivity contribution in [2.45, 2.75) is 51.2 Å². The molecule has 0 aromatic carbocycles. The number of ether oxygens (including phenoxy) is 1. The van der Waals surface area contributed by atoms with Crippen molar-refractivity contribution in [1.29, 1.82) is 0 Å². The first-order valence-corrected chi connectivity index (χ1v) is 8.67. The van der Waals surface area contributed by atoms with E-state index in [1.54, 1.807) is 0 Å². The van der Waals surface area contributed by atoms with E-state index >= 15 is 0 Å². The summed E-state index contributed by atoms with van der Waals surface area (Å²) in [7, 11) is 0. The van der Waals surface area contributed by atoms with Gasteiger partial charge in [-0.2, -0.15) is 0 Å². The molecule has 1 aliphatic carbocycles. The molecule has 0 saturated heterocycles. The Morgan fingerprint density at radius 3 is 2.95 bits per heavy atom. The second-order valence-corrected chi connectivity index (χ2v) is 6.99. The first-order chi connectivity index (χ1) is 10.3. The lowest BCUT2D eigenvalue weighted by atomic mass is 9.84. The average Bonchev–Trinajstić information content (AvgIpc) is 2.97. The van der Waals surface area contributed by atoms with Crippen molar-refractivity contribution in [1.82, 2.24) is 10.3 Å². The summed E-state index contributed by atoms with van der Waals surface area (Å²) in [6.07, 6.45) is 6.96. The molecule has 116 valence electrons. The summed E-state index contributed by atoms with van der Waals surface area (Å²) in [5.74, 6) is 0.445. The maximum atomic E-state index is 12.4. The molecule has 0 radical (unpaired) electrons. The Balaban J connectivity index is 1.65. The summed E-state index contributed by atoms with van der Waals surface area (Å²) < 4.78 is 5.41. The molecule has 3 N–H and O–H groups in total. The van der Waals surface area contributed by atoms with Crippen LogP contribution in [0.5, 0.6) is 0 Å². The average molecular weight is 309 g/mol. The second kappa shape index (κ2) is 6.85. The number of thiazole rings is 1. The standard InChI is InChI=1S/C15H23N3O2S/c16-8-12(10-4-2-1-3-5-10)17-14(19)15-18-11-6-7-20-9-13(11)21-15/h10,12H,1-9,16H2,(H,17,19). The molecule has 1 fully saturated rings. The van der Waals surface area contributed by atoms with Crippen molar-refractivity contribution in [3.8, 4) is 0 Å². The molecular weight excluding hydrogens is 286 g/mol. The number of carbonyl (C=O) groups is 1. The predicted molar refractivity (Wildman–Crippen MR) is 82.4 cm³/mol. The zero-order chi connectivity index (χ0) is 14.7. The fourth-order valence-electron chi connectivity index (χ4n) is 3.26. The van der Waals surface area contributed by atoms with E-state index in [0.717, 1.165) is 17.0 Å². The van der Waals surface area contributed by atoms with Crippen LogP contribution < -0.4 is 11.1 Å². The number of fused-ring (bicyclic) bond motifs is 1. The molecular formula is C15H23N3O2S. The molecule has 1 atom stereocenters. The lowest BCUT2D eigenvalue weighted by molar-refractivity contribution is 0.0914. The van der Waals surface area contributed by atoms with Gasteiger partial charge in [0.15, 0.2) is 5.01 Å². The van der Waals surface area contributed by atoms with Crippen molar-refractivity contribution in [3.05, 3.63) is 15.6 Å². The highest BCUT2D eigenvalue weighted by Crippen LogP contribution is 2.27. The molecule has 3 rings (SSSR count). The van der Waals surface area contributed by atoms with E-state index in [4.69, 9.17) is 10.5 Å². The van der Waals surface area contributed by atoms with Crippen LogP contribution in [0.15, 0.2) is 0 Å². The molecule has 1 aromatic heterocycles. The maximum absolute atomic E-state index is 12.4. The number of amides is 1. The van der Waals surface area contributed by atoms with Gasteiger partial charge in [0.05, 0.1) is 23.8 Å². The smallest absolute Gasteiger partial charge is 0.280 e. The van der Waals surface area contributed by atoms with Gasteiger partial charge in [0.2, 0.25) is 0 Å². The Morgan fingerprint density at radius 2 is 2.24 bits per heavy atom. The normalized spacial score (nSPS) is 20.8. The Kier molecular flexibility index (Phi) is 4.87. The van der Waals surface area contributed by atoms with Crippen LogP contribution in [0, 0.1) is 5.92 Å². The largest absolute Gasteiger partial charge is 0.375 e. The zero-order valence-electron chi connectivity index (χ0n) is 12.3. The van der Waals surface area contributed by atoms with E-state index in [1.807, 2.05) is 0 Å². The SMILES string of the molecule is NCC(NC(=O)c1nc2c(s1)COCC2)C1CCCCC1. The Labute approximate surface area is 129 Å². The molecule has 1 unspecified atom stereocenters. The van der Waals surface area contributed by atoms with Gasteiger partial charge in [-0.15, -0.1) is 11.3 Å². The van der Waals surface area contributed by atoms with Crippen molar-refractivity contribution in [3.63, 3.8) is 0 Å². The van der Waals surface area contributed by atoms with Gasteiger partial charge in [0.1, 0.15) is 0 Å². The fraction of sp³-hybridized carbons (Fsp3) is 0.733. The van der Waals surface area contributed by atoms with Crippen LogP contribution in [0.2, 0.25) is 0 Å². The van der Waals surface area contributed by atoms with Gasteiger partial charge < -0.3 is 15.8 Å². The van der Waals surface area contributed by atoms with Gasteiger partial charge in [-0.05, 0) is 18.8 Å². The van der Waals surface area contributed by atoms with Gasteiger partial charge in [-0.25, -0.2) is 4.98 Å². The molecule has 1 saturated carbocycles. The van der Waals surface area contributed by atoms with Crippen molar-refractivity contribution < 1.29 is 9.53 Å². The molecule has 0 spiro atoms. The predicted octanol–water partition coefficient (Wildman–Crippen LogP) is 1.85. The lowest BCUT2D eigenvalue weighted by Gasteiger charge is -2.29. The Morgan fingerprint density at radius 1 is 1.43 bits per heavy atom. The van der Waals surface area contributed by atoms with Crippen LogP contribution in [0.1, 0.15) is 52.5 Å². The number of nitrogens with one attached hydrogen (secondary N) is 1. The van der Waals surface area contributed by atoms with Gasteiger partial charge in [0.25, 0.3) is 5.91 Å². The number of hydrogen-bond acceptors (Lipinski definition) is 5. The third-order valence-corrected chi connectivity index (χ3v) is 5.55. The quantitative estimate of drug-likeness (QED) is 0.890. The molecule has 1 aliphatic heterocycles. The third-order valence-electron chi connectivity index (χ3n) is 4.48. The second-order valence-electron chi connectivity index (χ2n) is 5.91. The van der Waals surface area contributed by atoms with Gasteiger partial charge >= 0.3 is 0 Å². The van der Waals surface area contributed by atoms with E-state index < -0.39 is 0 Å². The van der Waals surface area contributed by atoms with Crippen molar-refractivity contribution in [2.75, 3.05) is 13.2 Å². The van der Waals surface area contributed by atoms with Crippen LogP contribution in [0.3, 0.4) is 0 Å². The molecule has 2 aliphatic rings. The minimum absolute atomic E-state index is 0.0737. The summed E-state index contributed by atoms with van der Waals surface area (Å²) in [5.41, 5.74) is 6.90. The van der Waals surface area contributed by atoms with Gasteiger partial charge in [-0.3, -0.25) is 4.79 Å². The maximum Gasteiger partial charge on any atom is 0.280 e. The summed E-state index contributed by atoms with van der Waals surface area (Å²) >= 11 is 1.45. The molecule has 5 nitrogen and oxygen atoms in total. The van der Waals surface area contributed by atoms with Crippen LogP contribution in [0.4, 0.5) is 0 Å². The Bertz CT molecular complexity index is 474. The van der Waals surface area contributed by atoms with E-state index in [0.29, 0.717) is 30.7 Å². The molecule has 6 heteroatoms. The first kappa shape index (κ1) is 14.9. The number of carbonyl (C=O) groups excluding carboxylic acids is 1. The van der Waals surface area contributed by atoms with E-state index in [1.165, 1.54) is 43.4 Å². The third kappa shape index (κ3) is 3.44. The van der Waals surface area contributed by atoms with E-state index in [9.17, 15) is 4.79 Å². The summed E-state index contributed by atoms with van der Waals surface area (Å²) in [4.78, 5) is 18.0. The van der Waals surface area contributed by atoms with Crippen molar-refractivity contribution >= 4 is 17.2 Å². The highest BCUT2D eigenvalue weighted by Gasteiger charge is 2.26. The number of nitrogens with zero attached hydrogens (tertiary/aromatic N) is 1. The van der Waals surface area contributed by atoms with Gasteiger partial charge in [-0.1, -0.05) is 19.3 Å². The molecule has 1 amide bonds. The minimum Gasteiger partial charge on any atom is -0.375 e. The molecule has 1 aromatic rings. The number of rotatable bonds is 4. The molecule has 2 heterocycles. The number of hydrogen-bond donors (Lipinski definition) is 2. The van der Waals surface area contributed by atoms with Crippen LogP contribution in [-0.2, 0) is 17.8 Å².